The molecule has 0 rings (SSSR count). The smallest absolute Gasteiger partial charge is 0.0583 e. The molecule has 0 aliphatic carbocycles. The Labute approximate surface area is 73.8 Å². The van der Waals surface area contributed by atoms with Crippen LogP contribution < -0.4 is 11.1 Å². The second kappa shape index (κ2) is 8.93. The van der Waals surface area contributed by atoms with Gasteiger partial charge in [-0.15, -0.1) is 0 Å². The molecule has 0 fully saturated rings. The highest BCUT2D eigenvalue weighted by molar-refractivity contribution is 4.60. The SMILES string of the molecule is N[C@H](CO)CCNCCCCO. The van der Waals surface area contributed by atoms with E-state index in [4.69, 9.17) is 15.9 Å². The lowest BCUT2D eigenvalue weighted by Crippen LogP contribution is -2.29. The first-order valence-corrected chi connectivity index (χ1v) is 4.49. The fourth-order valence-electron chi connectivity index (χ4n) is 0.866. The van der Waals surface area contributed by atoms with Gasteiger partial charge in [-0.1, -0.05) is 0 Å². The normalized spacial score (nSPS) is 13.2. The quantitative estimate of drug-likeness (QED) is 0.360. The molecule has 0 unspecified atom stereocenters. The van der Waals surface area contributed by atoms with Crippen LogP contribution in [0.25, 0.3) is 0 Å². The average molecular weight is 176 g/mol. The summed E-state index contributed by atoms with van der Waals surface area (Å²) in [7, 11) is 0. The molecule has 0 aromatic carbocycles. The summed E-state index contributed by atoms with van der Waals surface area (Å²) in [6.45, 7) is 2.07. The number of hydrogen-bond acceptors (Lipinski definition) is 4. The van der Waals surface area contributed by atoms with Crippen LogP contribution in [0.2, 0.25) is 0 Å². The maximum Gasteiger partial charge on any atom is 0.0583 e. The van der Waals surface area contributed by atoms with Crippen molar-refractivity contribution in [2.45, 2.75) is 25.3 Å². The molecule has 74 valence electrons. The standard InChI is InChI=1S/C8H20N2O2/c9-8(7-12)3-5-10-4-1-2-6-11/h8,10-12H,1-7,9H2/t8-/m0/s1. The van der Waals surface area contributed by atoms with Crippen LogP contribution in [0.3, 0.4) is 0 Å². The van der Waals surface area contributed by atoms with Crippen molar-refractivity contribution < 1.29 is 10.2 Å². The van der Waals surface area contributed by atoms with E-state index in [1.54, 1.807) is 0 Å². The second-order valence-electron chi connectivity index (χ2n) is 2.91. The van der Waals surface area contributed by atoms with Gasteiger partial charge in [0, 0.05) is 12.6 Å². The van der Waals surface area contributed by atoms with Crippen LogP contribution in [0.1, 0.15) is 19.3 Å². The van der Waals surface area contributed by atoms with Crippen molar-refractivity contribution in [3.63, 3.8) is 0 Å². The summed E-state index contributed by atoms with van der Waals surface area (Å²) in [5, 5.41) is 20.2. The van der Waals surface area contributed by atoms with E-state index in [1.807, 2.05) is 0 Å². The van der Waals surface area contributed by atoms with Gasteiger partial charge < -0.3 is 21.3 Å². The van der Waals surface area contributed by atoms with Gasteiger partial charge in [0.05, 0.1) is 6.61 Å². The van der Waals surface area contributed by atoms with Crippen LogP contribution in [0.4, 0.5) is 0 Å². The lowest BCUT2D eigenvalue weighted by molar-refractivity contribution is 0.258. The topological polar surface area (TPSA) is 78.5 Å². The zero-order valence-corrected chi connectivity index (χ0v) is 7.50. The van der Waals surface area contributed by atoms with Crippen molar-refractivity contribution >= 4 is 0 Å². The minimum absolute atomic E-state index is 0.0539. The maximum atomic E-state index is 8.59. The largest absolute Gasteiger partial charge is 0.396 e. The molecule has 0 saturated carbocycles. The highest BCUT2D eigenvalue weighted by atomic mass is 16.3. The minimum atomic E-state index is -0.102. The van der Waals surface area contributed by atoms with Gasteiger partial charge in [-0.3, -0.25) is 0 Å². The van der Waals surface area contributed by atoms with Crippen molar-refractivity contribution in [2.75, 3.05) is 26.3 Å². The molecule has 0 aromatic heterocycles. The summed E-state index contributed by atoms with van der Waals surface area (Å²) in [6.07, 6.45) is 2.64. The van der Waals surface area contributed by atoms with Crippen molar-refractivity contribution in [1.29, 1.82) is 0 Å². The van der Waals surface area contributed by atoms with Crippen molar-refractivity contribution in [3.05, 3.63) is 0 Å². The fraction of sp³-hybridized carbons (Fsp3) is 1.00. The lowest BCUT2D eigenvalue weighted by atomic mass is 10.2. The molecule has 0 radical (unpaired) electrons. The highest BCUT2D eigenvalue weighted by Gasteiger charge is 1.97. The second-order valence-corrected chi connectivity index (χ2v) is 2.91. The van der Waals surface area contributed by atoms with Crippen molar-refractivity contribution in [3.8, 4) is 0 Å². The predicted molar refractivity (Wildman–Crippen MR) is 48.9 cm³/mol. The van der Waals surface area contributed by atoms with E-state index < -0.39 is 0 Å². The first-order valence-electron chi connectivity index (χ1n) is 4.49. The number of nitrogens with one attached hydrogen (secondary N) is 1. The Balaban J connectivity index is 2.90. The molecule has 0 spiro atoms. The van der Waals surface area contributed by atoms with E-state index in [0.717, 1.165) is 32.4 Å². The Morgan fingerprint density at radius 3 is 2.50 bits per heavy atom. The van der Waals surface area contributed by atoms with Crippen LogP contribution in [0, 0.1) is 0 Å². The Morgan fingerprint density at radius 1 is 1.17 bits per heavy atom. The van der Waals surface area contributed by atoms with Gasteiger partial charge in [0.25, 0.3) is 0 Å². The Kier molecular flexibility index (Phi) is 8.81. The van der Waals surface area contributed by atoms with Crippen molar-refractivity contribution in [2.24, 2.45) is 5.73 Å². The van der Waals surface area contributed by atoms with Crippen LogP contribution in [-0.2, 0) is 0 Å². The zero-order chi connectivity index (χ0) is 9.23. The predicted octanol–water partition coefficient (Wildman–Crippen LogP) is -0.942. The van der Waals surface area contributed by atoms with E-state index in [2.05, 4.69) is 5.32 Å². The van der Waals surface area contributed by atoms with Crippen LogP contribution in [0.15, 0.2) is 0 Å². The number of aliphatic hydroxyl groups excluding tert-OH is 2. The molecule has 4 nitrogen and oxygen atoms in total. The van der Waals surface area contributed by atoms with Gasteiger partial charge in [-0.25, -0.2) is 0 Å². The third-order valence-electron chi connectivity index (χ3n) is 1.69. The van der Waals surface area contributed by atoms with E-state index in [9.17, 15) is 0 Å². The van der Waals surface area contributed by atoms with E-state index in [-0.39, 0.29) is 19.3 Å². The van der Waals surface area contributed by atoms with E-state index in [1.165, 1.54) is 0 Å². The van der Waals surface area contributed by atoms with Crippen LogP contribution in [-0.4, -0.2) is 42.6 Å². The van der Waals surface area contributed by atoms with Crippen LogP contribution in [0.5, 0.6) is 0 Å². The first kappa shape index (κ1) is 11.8. The summed E-state index contributed by atoms with van der Waals surface area (Å²) in [4.78, 5) is 0. The third kappa shape index (κ3) is 7.94. The number of hydrogen-bond donors (Lipinski definition) is 4. The fourth-order valence-corrected chi connectivity index (χ4v) is 0.866. The molecule has 5 N–H and O–H groups in total. The summed E-state index contributed by atoms with van der Waals surface area (Å²) in [5.41, 5.74) is 5.48. The number of unbranched alkanes of at least 4 members (excludes halogenated alkanes) is 1. The molecule has 0 aromatic rings. The molecule has 1 atom stereocenters. The summed E-state index contributed by atoms with van der Waals surface area (Å²) >= 11 is 0. The molecule has 0 heterocycles. The summed E-state index contributed by atoms with van der Waals surface area (Å²) in [6, 6.07) is -0.102. The molecule has 0 aliphatic rings. The van der Waals surface area contributed by atoms with Gasteiger partial charge in [0.1, 0.15) is 0 Å². The molecular weight excluding hydrogens is 156 g/mol. The Morgan fingerprint density at radius 2 is 1.92 bits per heavy atom. The van der Waals surface area contributed by atoms with Gasteiger partial charge in [-0.05, 0) is 32.4 Å². The highest BCUT2D eigenvalue weighted by Crippen LogP contribution is 1.86. The summed E-state index contributed by atoms with van der Waals surface area (Å²) < 4.78 is 0. The Hall–Kier alpha value is -0.160. The Bertz CT molecular complexity index is 91.1. The minimum Gasteiger partial charge on any atom is -0.396 e. The van der Waals surface area contributed by atoms with E-state index >= 15 is 0 Å². The van der Waals surface area contributed by atoms with Gasteiger partial charge in [0.2, 0.25) is 0 Å². The van der Waals surface area contributed by atoms with Gasteiger partial charge in [-0.2, -0.15) is 0 Å². The third-order valence-corrected chi connectivity index (χ3v) is 1.69. The zero-order valence-electron chi connectivity index (χ0n) is 7.50. The molecule has 0 aliphatic heterocycles. The van der Waals surface area contributed by atoms with Gasteiger partial charge in [0.15, 0.2) is 0 Å². The molecular formula is C8H20N2O2. The molecule has 0 bridgehead atoms. The molecule has 4 heteroatoms. The molecule has 12 heavy (non-hydrogen) atoms. The van der Waals surface area contributed by atoms with Crippen LogP contribution >= 0.6 is 0 Å². The average Bonchev–Trinajstić information content (AvgIpc) is 2.10. The first-order chi connectivity index (χ1) is 5.81. The van der Waals surface area contributed by atoms with Crippen molar-refractivity contribution in [1.82, 2.24) is 5.32 Å². The number of aliphatic hydroxyl groups is 2. The number of rotatable bonds is 8. The monoisotopic (exact) mass is 176 g/mol. The summed E-state index contributed by atoms with van der Waals surface area (Å²) in [5.74, 6) is 0. The lowest BCUT2D eigenvalue weighted by Gasteiger charge is -2.08. The number of nitrogens with two attached hydrogens (primary N) is 1. The molecule has 0 amide bonds. The van der Waals surface area contributed by atoms with Gasteiger partial charge >= 0.3 is 0 Å². The maximum absolute atomic E-state index is 8.59. The molecule has 0 saturated heterocycles. The van der Waals surface area contributed by atoms with E-state index in [0.29, 0.717) is 0 Å².